The third kappa shape index (κ3) is 3.76. The van der Waals surface area contributed by atoms with Crippen molar-refractivity contribution < 1.29 is 9.53 Å². The fourth-order valence-corrected chi connectivity index (χ4v) is 1.90. The Kier molecular flexibility index (Phi) is 5.69. The van der Waals surface area contributed by atoms with Crippen LogP contribution >= 0.6 is 0 Å². The van der Waals surface area contributed by atoms with E-state index < -0.39 is 0 Å². The van der Waals surface area contributed by atoms with Gasteiger partial charge in [-0.3, -0.25) is 4.79 Å². The van der Waals surface area contributed by atoms with Gasteiger partial charge >= 0.3 is 0 Å². The van der Waals surface area contributed by atoms with Crippen LogP contribution in [-0.4, -0.2) is 25.0 Å². The average Bonchev–Trinajstić information content (AvgIpc) is 2.39. The lowest BCUT2D eigenvalue weighted by Crippen LogP contribution is -2.24. The van der Waals surface area contributed by atoms with Gasteiger partial charge in [0, 0.05) is 31.3 Å². The molecule has 1 aromatic rings. The maximum Gasteiger partial charge on any atom is 0.172 e. The van der Waals surface area contributed by atoms with Crippen molar-refractivity contribution in [1.29, 1.82) is 0 Å². The summed E-state index contributed by atoms with van der Waals surface area (Å²) in [6.07, 6.45) is 0.138. The van der Waals surface area contributed by atoms with Gasteiger partial charge < -0.3 is 9.64 Å². The van der Waals surface area contributed by atoms with Gasteiger partial charge in [0.25, 0.3) is 0 Å². The van der Waals surface area contributed by atoms with E-state index in [1.54, 1.807) is 6.92 Å². The Morgan fingerprint density at radius 1 is 1.28 bits per heavy atom. The summed E-state index contributed by atoms with van der Waals surface area (Å²) in [7, 11) is 0. The standard InChI is InChI=1S/C15H23NO2/c1-5-15(17)12(4)18-14-10-8-9-13(11-14)16(6-2)7-3/h8-12H,5-7H2,1-4H3. The van der Waals surface area contributed by atoms with Crippen molar-refractivity contribution in [2.24, 2.45) is 0 Å². The number of carbonyl (C=O) groups excluding carboxylic acids is 1. The lowest BCUT2D eigenvalue weighted by Gasteiger charge is -2.22. The number of Topliss-reactive ketones (excluding diaryl/α,β-unsaturated/α-hetero) is 1. The van der Waals surface area contributed by atoms with Gasteiger partial charge in [0.2, 0.25) is 0 Å². The third-order valence-electron chi connectivity index (χ3n) is 3.06. The monoisotopic (exact) mass is 249 g/mol. The number of nitrogens with zero attached hydrogens (tertiary/aromatic N) is 1. The molecule has 0 fully saturated rings. The van der Waals surface area contributed by atoms with Gasteiger partial charge in [-0.15, -0.1) is 0 Å². The van der Waals surface area contributed by atoms with Crippen LogP contribution in [0.2, 0.25) is 0 Å². The second-order valence-electron chi connectivity index (χ2n) is 4.25. The van der Waals surface area contributed by atoms with Gasteiger partial charge in [-0.1, -0.05) is 13.0 Å². The summed E-state index contributed by atoms with van der Waals surface area (Å²) in [5.41, 5.74) is 1.13. The summed E-state index contributed by atoms with van der Waals surface area (Å²) in [6.45, 7) is 9.83. The highest BCUT2D eigenvalue weighted by Crippen LogP contribution is 2.22. The Morgan fingerprint density at radius 3 is 2.50 bits per heavy atom. The maximum atomic E-state index is 11.5. The van der Waals surface area contributed by atoms with Crippen LogP contribution < -0.4 is 9.64 Å². The number of ketones is 1. The molecule has 0 N–H and O–H groups in total. The normalized spacial score (nSPS) is 12.0. The Morgan fingerprint density at radius 2 is 1.94 bits per heavy atom. The molecule has 0 amide bonds. The van der Waals surface area contributed by atoms with E-state index in [2.05, 4.69) is 24.8 Å². The van der Waals surface area contributed by atoms with E-state index in [1.165, 1.54) is 0 Å². The van der Waals surface area contributed by atoms with E-state index in [1.807, 2.05) is 25.1 Å². The molecule has 3 heteroatoms. The molecule has 100 valence electrons. The number of hydrogen-bond donors (Lipinski definition) is 0. The van der Waals surface area contributed by atoms with Crippen molar-refractivity contribution in [2.45, 2.75) is 40.2 Å². The summed E-state index contributed by atoms with van der Waals surface area (Å²) < 4.78 is 5.67. The molecule has 1 rings (SSSR count). The maximum absolute atomic E-state index is 11.5. The second kappa shape index (κ2) is 7.04. The van der Waals surface area contributed by atoms with Crippen LogP contribution in [0.25, 0.3) is 0 Å². The number of rotatable bonds is 7. The van der Waals surface area contributed by atoms with E-state index in [9.17, 15) is 4.79 Å². The van der Waals surface area contributed by atoms with E-state index in [0.717, 1.165) is 24.5 Å². The zero-order valence-corrected chi connectivity index (χ0v) is 11.8. The van der Waals surface area contributed by atoms with Crippen molar-refractivity contribution in [2.75, 3.05) is 18.0 Å². The molecule has 0 aromatic heterocycles. The Hall–Kier alpha value is -1.51. The fourth-order valence-electron chi connectivity index (χ4n) is 1.90. The topological polar surface area (TPSA) is 29.5 Å². The summed E-state index contributed by atoms with van der Waals surface area (Å²) in [4.78, 5) is 13.8. The smallest absolute Gasteiger partial charge is 0.172 e. The first-order valence-corrected chi connectivity index (χ1v) is 6.66. The predicted molar refractivity (Wildman–Crippen MR) is 75.4 cm³/mol. The number of benzene rings is 1. The lowest BCUT2D eigenvalue weighted by atomic mass is 10.2. The van der Waals surface area contributed by atoms with E-state index in [-0.39, 0.29) is 11.9 Å². The molecule has 1 unspecified atom stereocenters. The number of carbonyl (C=O) groups is 1. The largest absolute Gasteiger partial charge is 0.483 e. The SMILES string of the molecule is CCC(=O)C(C)Oc1cccc(N(CC)CC)c1. The van der Waals surface area contributed by atoms with Crippen LogP contribution in [0.3, 0.4) is 0 Å². The fraction of sp³-hybridized carbons (Fsp3) is 0.533. The first kappa shape index (κ1) is 14.6. The minimum atomic E-state index is -0.373. The van der Waals surface area contributed by atoms with Crippen molar-refractivity contribution in [3.05, 3.63) is 24.3 Å². The minimum absolute atomic E-state index is 0.128. The van der Waals surface area contributed by atoms with Gasteiger partial charge in [0.05, 0.1) is 0 Å². The van der Waals surface area contributed by atoms with Crippen LogP contribution in [0.1, 0.15) is 34.1 Å². The van der Waals surface area contributed by atoms with Crippen LogP contribution in [0, 0.1) is 0 Å². The van der Waals surface area contributed by atoms with Crippen molar-refractivity contribution in [1.82, 2.24) is 0 Å². The predicted octanol–water partition coefficient (Wildman–Crippen LogP) is 3.28. The molecule has 1 atom stereocenters. The molecular formula is C15H23NO2. The van der Waals surface area contributed by atoms with E-state index in [0.29, 0.717) is 6.42 Å². The second-order valence-corrected chi connectivity index (χ2v) is 4.25. The van der Waals surface area contributed by atoms with Crippen LogP contribution in [0.4, 0.5) is 5.69 Å². The highest BCUT2D eigenvalue weighted by atomic mass is 16.5. The first-order valence-electron chi connectivity index (χ1n) is 6.66. The molecule has 0 saturated heterocycles. The first-order chi connectivity index (χ1) is 8.62. The molecule has 0 heterocycles. The molecule has 0 bridgehead atoms. The van der Waals surface area contributed by atoms with Gasteiger partial charge in [-0.2, -0.15) is 0 Å². The molecule has 0 aliphatic heterocycles. The van der Waals surface area contributed by atoms with Crippen molar-refractivity contribution in [3.63, 3.8) is 0 Å². The molecule has 0 radical (unpaired) electrons. The molecule has 0 saturated carbocycles. The molecular weight excluding hydrogens is 226 g/mol. The zero-order chi connectivity index (χ0) is 13.5. The number of ether oxygens (including phenoxy) is 1. The molecule has 0 aliphatic carbocycles. The van der Waals surface area contributed by atoms with Crippen LogP contribution in [0.15, 0.2) is 24.3 Å². The van der Waals surface area contributed by atoms with E-state index in [4.69, 9.17) is 4.74 Å². The lowest BCUT2D eigenvalue weighted by molar-refractivity contribution is -0.124. The van der Waals surface area contributed by atoms with Crippen molar-refractivity contribution in [3.8, 4) is 5.75 Å². The molecule has 0 aliphatic rings. The van der Waals surface area contributed by atoms with Gasteiger partial charge in [0.1, 0.15) is 5.75 Å². The van der Waals surface area contributed by atoms with E-state index >= 15 is 0 Å². The summed E-state index contributed by atoms with van der Waals surface area (Å²) >= 11 is 0. The van der Waals surface area contributed by atoms with Gasteiger partial charge in [-0.25, -0.2) is 0 Å². The molecule has 0 spiro atoms. The summed E-state index contributed by atoms with van der Waals surface area (Å²) in [5, 5.41) is 0. The van der Waals surface area contributed by atoms with Crippen LogP contribution in [0.5, 0.6) is 5.75 Å². The molecule has 3 nitrogen and oxygen atoms in total. The zero-order valence-electron chi connectivity index (χ0n) is 11.8. The van der Waals surface area contributed by atoms with Gasteiger partial charge in [0.15, 0.2) is 11.9 Å². The third-order valence-corrected chi connectivity index (χ3v) is 3.06. The van der Waals surface area contributed by atoms with Crippen molar-refractivity contribution >= 4 is 11.5 Å². The molecule has 1 aromatic carbocycles. The Labute approximate surface area is 110 Å². The summed E-state index contributed by atoms with van der Waals surface area (Å²) in [5.74, 6) is 0.886. The minimum Gasteiger partial charge on any atom is -0.483 e. The van der Waals surface area contributed by atoms with Gasteiger partial charge in [-0.05, 0) is 32.9 Å². The average molecular weight is 249 g/mol. The number of anilines is 1. The quantitative estimate of drug-likeness (QED) is 0.742. The molecule has 18 heavy (non-hydrogen) atoms. The Balaban J connectivity index is 2.79. The number of hydrogen-bond acceptors (Lipinski definition) is 3. The van der Waals surface area contributed by atoms with Crippen LogP contribution in [-0.2, 0) is 4.79 Å². The highest BCUT2D eigenvalue weighted by Gasteiger charge is 2.12. The highest BCUT2D eigenvalue weighted by molar-refractivity contribution is 5.82. The Bertz CT molecular complexity index is 386. The summed E-state index contributed by atoms with van der Waals surface area (Å²) in [6, 6.07) is 7.91.